The largest absolute Gasteiger partial charge is 0.444 e. The van der Waals surface area contributed by atoms with E-state index >= 15 is 0 Å². The molecule has 0 spiro atoms. The summed E-state index contributed by atoms with van der Waals surface area (Å²) >= 11 is 0. The van der Waals surface area contributed by atoms with Gasteiger partial charge in [-0.2, -0.15) is 0 Å². The van der Waals surface area contributed by atoms with Crippen LogP contribution in [-0.2, 0) is 4.74 Å². The predicted molar refractivity (Wildman–Crippen MR) is 96.8 cm³/mol. The fraction of sp³-hybridized carbons (Fsp3) is 0.947. The van der Waals surface area contributed by atoms with Crippen molar-refractivity contribution >= 4 is 6.09 Å². The topological polar surface area (TPSA) is 41.6 Å². The molecular formula is C19H38N2O2. The maximum atomic E-state index is 12.3. The number of nitrogens with zero attached hydrogens (tertiary/aromatic N) is 1. The molecule has 4 nitrogen and oxygen atoms in total. The first-order valence-electron chi connectivity index (χ1n) is 9.56. The molecule has 0 heterocycles. The predicted octanol–water partition coefficient (Wildman–Crippen LogP) is 4.72. The van der Waals surface area contributed by atoms with Crippen molar-refractivity contribution in [3.63, 3.8) is 0 Å². The van der Waals surface area contributed by atoms with Crippen LogP contribution in [-0.4, -0.2) is 41.8 Å². The van der Waals surface area contributed by atoms with Crippen LogP contribution in [0.25, 0.3) is 0 Å². The normalized spacial score (nSPS) is 16.2. The summed E-state index contributed by atoms with van der Waals surface area (Å²) in [6, 6.07) is 0.923. The van der Waals surface area contributed by atoms with Gasteiger partial charge in [-0.3, -0.25) is 0 Å². The molecule has 1 amide bonds. The molecule has 0 aromatic heterocycles. The smallest absolute Gasteiger partial charge is 0.410 e. The number of amides is 1. The van der Waals surface area contributed by atoms with Crippen LogP contribution < -0.4 is 5.32 Å². The van der Waals surface area contributed by atoms with Gasteiger partial charge in [0, 0.05) is 25.2 Å². The van der Waals surface area contributed by atoms with Gasteiger partial charge in [-0.25, -0.2) is 4.79 Å². The van der Waals surface area contributed by atoms with E-state index < -0.39 is 5.60 Å². The molecule has 136 valence electrons. The fourth-order valence-electron chi connectivity index (χ4n) is 2.72. The van der Waals surface area contributed by atoms with Gasteiger partial charge in [0.2, 0.25) is 0 Å². The number of carbonyl (C=O) groups excluding carboxylic acids is 1. The lowest BCUT2D eigenvalue weighted by atomic mass is 10.1. The molecule has 0 aromatic carbocycles. The molecule has 0 radical (unpaired) electrons. The van der Waals surface area contributed by atoms with Crippen molar-refractivity contribution in [3.05, 3.63) is 0 Å². The van der Waals surface area contributed by atoms with E-state index in [1.807, 2.05) is 25.7 Å². The zero-order chi connectivity index (χ0) is 17.3. The minimum absolute atomic E-state index is 0.158. The monoisotopic (exact) mass is 326 g/mol. The Hall–Kier alpha value is -0.770. The van der Waals surface area contributed by atoms with Crippen LogP contribution in [0.4, 0.5) is 4.79 Å². The van der Waals surface area contributed by atoms with Crippen LogP contribution in [0.5, 0.6) is 0 Å². The van der Waals surface area contributed by atoms with Gasteiger partial charge in [-0.05, 0) is 47.0 Å². The van der Waals surface area contributed by atoms with Crippen LogP contribution in [0, 0.1) is 0 Å². The highest BCUT2D eigenvalue weighted by Gasteiger charge is 2.34. The van der Waals surface area contributed by atoms with Crippen molar-refractivity contribution in [1.82, 2.24) is 10.2 Å². The van der Waals surface area contributed by atoms with Crippen LogP contribution in [0.3, 0.4) is 0 Å². The Morgan fingerprint density at radius 2 is 1.87 bits per heavy atom. The van der Waals surface area contributed by atoms with Gasteiger partial charge in [-0.15, -0.1) is 0 Å². The van der Waals surface area contributed by atoms with E-state index in [1.165, 1.54) is 38.5 Å². The van der Waals surface area contributed by atoms with Crippen LogP contribution in [0.1, 0.15) is 86.0 Å². The second-order valence-corrected chi connectivity index (χ2v) is 7.96. The zero-order valence-electron chi connectivity index (χ0n) is 16.0. The summed E-state index contributed by atoms with van der Waals surface area (Å²) < 4.78 is 5.52. The van der Waals surface area contributed by atoms with Crippen LogP contribution >= 0.6 is 0 Å². The maximum absolute atomic E-state index is 12.3. The lowest BCUT2D eigenvalue weighted by Crippen LogP contribution is -2.43. The first-order chi connectivity index (χ1) is 10.8. The fourth-order valence-corrected chi connectivity index (χ4v) is 2.72. The van der Waals surface area contributed by atoms with E-state index in [0.29, 0.717) is 12.1 Å². The summed E-state index contributed by atoms with van der Waals surface area (Å²) in [5, 5.41) is 3.55. The molecule has 1 unspecified atom stereocenters. The summed E-state index contributed by atoms with van der Waals surface area (Å²) in [7, 11) is 0. The second kappa shape index (κ2) is 10.2. The lowest BCUT2D eigenvalue weighted by molar-refractivity contribution is 0.0234. The number of hydrogen-bond donors (Lipinski definition) is 1. The minimum atomic E-state index is -0.413. The second-order valence-electron chi connectivity index (χ2n) is 7.96. The quantitative estimate of drug-likeness (QED) is 0.558. The van der Waals surface area contributed by atoms with E-state index in [4.69, 9.17) is 4.74 Å². The van der Waals surface area contributed by atoms with Crippen molar-refractivity contribution < 1.29 is 9.53 Å². The van der Waals surface area contributed by atoms with Gasteiger partial charge in [0.25, 0.3) is 0 Å². The van der Waals surface area contributed by atoms with E-state index in [0.717, 1.165) is 25.9 Å². The Kier molecular flexibility index (Phi) is 8.96. The van der Waals surface area contributed by atoms with Crippen LogP contribution in [0.2, 0.25) is 0 Å². The van der Waals surface area contributed by atoms with Gasteiger partial charge in [0.1, 0.15) is 5.60 Å². The minimum Gasteiger partial charge on any atom is -0.444 e. The lowest BCUT2D eigenvalue weighted by Gasteiger charge is -2.28. The third-order valence-electron chi connectivity index (χ3n) is 4.20. The summed E-state index contributed by atoms with van der Waals surface area (Å²) in [6.07, 6.45) is 9.95. The number of unbranched alkanes of at least 4 members (excludes halogenated alkanes) is 4. The molecule has 23 heavy (non-hydrogen) atoms. The summed E-state index contributed by atoms with van der Waals surface area (Å²) in [6.45, 7) is 11.9. The van der Waals surface area contributed by atoms with Gasteiger partial charge >= 0.3 is 6.09 Å². The number of hydrogen-bond acceptors (Lipinski definition) is 3. The molecule has 0 bridgehead atoms. The average molecular weight is 327 g/mol. The Morgan fingerprint density at radius 3 is 2.43 bits per heavy atom. The zero-order valence-corrected chi connectivity index (χ0v) is 16.0. The third-order valence-corrected chi connectivity index (χ3v) is 4.20. The van der Waals surface area contributed by atoms with Gasteiger partial charge in [0.15, 0.2) is 0 Å². The molecule has 1 aliphatic rings. The summed E-state index contributed by atoms with van der Waals surface area (Å²) in [4.78, 5) is 14.2. The highest BCUT2D eigenvalue weighted by atomic mass is 16.6. The SMILES string of the molecule is CCCCCCCC(C)NCCN(C(=O)OC(C)(C)C)C1CC1. The number of carbonyl (C=O) groups is 1. The molecule has 0 aliphatic heterocycles. The van der Waals surface area contributed by atoms with Crippen molar-refractivity contribution in [2.24, 2.45) is 0 Å². The highest BCUT2D eigenvalue weighted by molar-refractivity contribution is 5.69. The van der Waals surface area contributed by atoms with E-state index in [2.05, 4.69) is 19.2 Å². The summed E-state index contributed by atoms with van der Waals surface area (Å²) in [5.74, 6) is 0. The Labute approximate surface area is 143 Å². The highest BCUT2D eigenvalue weighted by Crippen LogP contribution is 2.28. The average Bonchev–Trinajstić information content (AvgIpc) is 3.25. The first-order valence-corrected chi connectivity index (χ1v) is 9.56. The van der Waals surface area contributed by atoms with E-state index in [-0.39, 0.29) is 6.09 Å². The molecule has 1 saturated carbocycles. The molecule has 4 heteroatoms. The van der Waals surface area contributed by atoms with Gasteiger partial charge in [0.05, 0.1) is 0 Å². The summed E-state index contributed by atoms with van der Waals surface area (Å²) in [5.41, 5.74) is -0.413. The molecule has 1 N–H and O–H groups in total. The third kappa shape index (κ3) is 9.85. The van der Waals surface area contributed by atoms with E-state index in [9.17, 15) is 4.79 Å². The maximum Gasteiger partial charge on any atom is 0.410 e. The Morgan fingerprint density at radius 1 is 1.22 bits per heavy atom. The standard InChI is InChI=1S/C19H38N2O2/c1-6-7-8-9-10-11-16(2)20-14-15-21(17-12-13-17)18(22)23-19(3,4)5/h16-17,20H,6-15H2,1-5H3. The van der Waals surface area contributed by atoms with Crippen molar-refractivity contribution in [1.29, 1.82) is 0 Å². The number of rotatable bonds is 11. The molecule has 0 aromatic rings. The number of nitrogens with one attached hydrogen (secondary N) is 1. The van der Waals surface area contributed by atoms with E-state index in [1.54, 1.807) is 0 Å². The van der Waals surface area contributed by atoms with Crippen molar-refractivity contribution in [2.75, 3.05) is 13.1 Å². The first kappa shape index (κ1) is 20.3. The number of ether oxygens (including phenoxy) is 1. The van der Waals surface area contributed by atoms with Gasteiger partial charge in [-0.1, -0.05) is 39.0 Å². The van der Waals surface area contributed by atoms with Crippen molar-refractivity contribution in [3.8, 4) is 0 Å². The van der Waals surface area contributed by atoms with Gasteiger partial charge < -0.3 is 15.0 Å². The van der Waals surface area contributed by atoms with Crippen LogP contribution in [0.15, 0.2) is 0 Å². The van der Waals surface area contributed by atoms with Crippen molar-refractivity contribution in [2.45, 2.75) is 104 Å². The molecule has 1 fully saturated rings. The molecule has 1 aliphatic carbocycles. The molecule has 1 atom stereocenters. The Balaban J connectivity index is 2.19. The molecule has 0 saturated heterocycles. The molecular weight excluding hydrogens is 288 g/mol. The molecule has 1 rings (SSSR count). The Bertz CT molecular complexity index is 335.